The second-order valence-electron chi connectivity index (χ2n) is 8.00. The van der Waals surface area contributed by atoms with Crippen molar-refractivity contribution in [3.8, 4) is 22.8 Å². The third-order valence-corrected chi connectivity index (χ3v) is 5.66. The fourth-order valence-corrected chi connectivity index (χ4v) is 3.89. The number of hydrogen-bond acceptors (Lipinski definition) is 6. The van der Waals surface area contributed by atoms with Gasteiger partial charge in [-0.25, -0.2) is 4.39 Å². The van der Waals surface area contributed by atoms with E-state index in [0.29, 0.717) is 22.3 Å². The van der Waals surface area contributed by atoms with E-state index in [-0.39, 0.29) is 35.8 Å². The standard InChI is InChI=1S/C26H20FN5O3/c1-16(17-6-8-19(27)9-7-17)29-23(33)15-32-22-5-3-2-4-20(22)21(14-24(32)34)26-30-25(31-35-26)18-10-12-28-13-11-18/h2-14,16H,15H2,1H3,(H,29,33). The van der Waals surface area contributed by atoms with Crippen LogP contribution in [0.15, 0.2) is 88.4 Å². The molecule has 35 heavy (non-hydrogen) atoms. The van der Waals surface area contributed by atoms with Gasteiger partial charge in [0.15, 0.2) is 0 Å². The summed E-state index contributed by atoms with van der Waals surface area (Å²) in [5.74, 6) is -0.115. The molecule has 5 aromatic rings. The van der Waals surface area contributed by atoms with E-state index in [1.807, 2.05) is 12.1 Å². The van der Waals surface area contributed by atoms with Crippen molar-refractivity contribution in [1.82, 2.24) is 25.0 Å². The van der Waals surface area contributed by atoms with Crippen molar-refractivity contribution in [1.29, 1.82) is 0 Å². The van der Waals surface area contributed by atoms with E-state index in [4.69, 9.17) is 4.52 Å². The Morgan fingerprint density at radius 1 is 1.09 bits per heavy atom. The molecule has 174 valence electrons. The Bertz CT molecular complexity index is 1560. The van der Waals surface area contributed by atoms with Crippen LogP contribution in [0.3, 0.4) is 0 Å². The van der Waals surface area contributed by atoms with E-state index in [1.54, 1.807) is 55.7 Å². The van der Waals surface area contributed by atoms with Gasteiger partial charge in [0.05, 0.1) is 17.1 Å². The molecule has 0 spiro atoms. The summed E-state index contributed by atoms with van der Waals surface area (Å²) in [5.41, 5.74) is 2.15. The SMILES string of the molecule is CC(NC(=O)Cn1c(=O)cc(-c2nc(-c3ccncc3)no2)c2ccccc21)c1ccc(F)cc1. The van der Waals surface area contributed by atoms with Crippen LogP contribution in [0.25, 0.3) is 33.7 Å². The Morgan fingerprint density at radius 2 is 1.83 bits per heavy atom. The van der Waals surface area contributed by atoms with Crippen molar-refractivity contribution in [2.75, 3.05) is 0 Å². The molecule has 1 N–H and O–H groups in total. The van der Waals surface area contributed by atoms with Crippen LogP contribution in [0.2, 0.25) is 0 Å². The van der Waals surface area contributed by atoms with Gasteiger partial charge >= 0.3 is 0 Å². The summed E-state index contributed by atoms with van der Waals surface area (Å²) in [6, 6.07) is 17.7. The maximum absolute atomic E-state index is 13.2. The Balaban J connectivity index is 1.45. The number of pyridine rings is 2. The molecule has 1 atom stereocenters. The number of carbonyl (C=O) groups is 1. The molecule has 1 amide bonds. The first kappa shape index (κ1) is 22.1. The third kappa shape index (κ3) is 4.56. The summed E-state index contributed by atoms with van der Waals surface area (Å²) < 4.78 is 20.1. The highest BCUT2D eigenvalue weighted by Crippen LogP contribution is 2.28. The van der Waals surface area contributed by atoms with Crippen LogP contribution in [0.1, 0.15) is 18.5 Å². The number of nitrogens with zero attached hydrogens (tertiary/aromatic N) is 4. The fourth-order valence-electron chi connectivity index (χ4n) is 3.89. The number of nitrogens with one attached hydrogen (secondary N) is 1. The number of hydrogen-bond donors (Lipinski definition) is 1. The summed E-state index contributed by atoms with van der Waals surface area (Å²) in [5, 5.41) is 7.57. The van der Waals surface area contributed by atoms with Gasteiger partial charge < -0.3 is 9.84 Å². The number of benzene rings is 2. The summed E-state index contributed by atoms with van der Waals surface area (Å²) in [4.78, 5) is 34.3. The van der Waals surface area contributed by atoms with Gasteiger partial charge in [-0.15, -0.1) is 0 Å². The van der Waals surface area contributed by atoms with Crippen LogP contribution < -0.4 is 10.9 Å². The lowest BCUT2D eigenvalue weighted by Gasteiger charge is -2.16. The normalized spacial score (nSPS) is 11.9. The summed E-state index contributed by atoms with van der Waals surface area (Å²) in [6.07, 6.45) is 3.26. The lowest BCUT2D eigenvalue weighted by Crippen LogP contribution is -2.34. The number of rotatable bonds is 6. The average Bonchev–Trinajstić information content (AvgIpc) is 3.37. The van der Waals surface area contributed by atoms with Crippen LogP contribution in [-0.2, 0) is 11.3 Å². The maximum atomic E-state index is 13.2. The molecular formula is C26H20FN5O3. The Hall–Kier alpha value is -4.66. The predicted octanol–water partition coefficient (Wildman–Crippen LogP) is 4.13. The molecule has 8 nitrogen and oxygen atoms in total. The predicted molar refractivity (Wildman–Crippen MR) is 128 cm³/mol. The van der Waals surface area contributed by atoms with Crippen LogP contribution in [0.5, 0.6) is 0 Å². The minimum atomic E-state index is -0.382. The molecule has 5 rings (SSSR count). The first-order valence-corrected chi connectivity index (χ1v) is 10.9. The Labute approximate surface area is 199 Å². The van der Waals surface area contributed by atoms with Crippen LogP contribution >= 0.6 is 0 Å². The van der Waals surface area contributed by atoms with Crippen LogP contribution in [0, 0.1) is 5.82 Å². The van der Waals surface area contributed by atoms with E-state index in [1.165, 1.54) is 22.8 Å². The van der Waals surface area contributed by atoms with E-state index in [0.717, 1.165) is 11.1 Å². The van der Waals surface area contributed by atoms with Crippen molar-refractivity contribution in [3.05, 3.63) is 101 Å². The Kier molecular flexibility index (Phi) is 5.88. The van der Waals surface area contributed by atoms with Crippen molar-refractivity contribution in [2.45, 2.75) is 19.5 Å². The first-order valence-electron chi connectivity index (χ1n) is 10.9. The largest absolute Gasteiger partial charge is 0.348 e. The highest BCUT2D eigenvalue weighted by Gasteiger charge is 2.18. The number of amides is 1. The number of para-hydroxylation sites is 1. The zero-order valence-corrected chi connectivity index (χ0v) is 18.7. The lowest BCUT2D eigenvalue weighted by molar-refractivity contribution is -0.122. The lowest BCUT2D eigenvalue weighted by atomic mass is 10.1. The van der Waals surface area contributed by atoms with Crippen molar-refractivity contribution in [3.63, 3.8) is 0 Å². The first-order chi connectivity index (χ1) is 17.0. The molecule has 0 aliphatic heterocycles. The van der Waals surface area contributed by atoms with Gasteiger partial charge in [0.2, 0.25) is 11.7 Å². The van der Waals surface area contributed by atoms with Gasteiger partial charge in [-0.1, -0.05) is 35.5 Å². The molecule has 2 aromatic carbocycles. The van der Waals surface area contributed by atoms with Crippen molar-refractivity contribution >= 4 is 16.8 Å². The highest BCUT2D eigenvalue weighted by atomic mass is 19.1. The van der Waals surface area contributed by atoms with Crippen molar-refractivity contribution in [2.24, 2.45) is 0 Å². The zero-order chi connectivity index (χ0) is 24.4. The molecule has 0 radical (unpaired) electrons. The molecule has 3 aromatic heterocycles. The quantitative estimate of drug-likeness (QED) is 0.401. The number of fused-ring (bicyclic) bond motifs is 1. The average molecular weight is 469 g/mol. The number of carbonyl (C=O) groups excluding carboxylic acids is 1. The molecule has 9 heteroatoms. The van der Waals surface area contributed by atoms with E-state index < -0.39 is 0 Å². The van der Waals surface area contributed by atoms with Gasteiger partial charge in [0, 0.05) is 29.4 Å². The van der Waals surface area contributed by atoms with Crippen LogP contribution in [-0.4, -0.2) is 25.6 Å². The van der Waals surface area contributed by atoms with Crippen LogP contribution in [0.4, 0.5) is 4.39 Å². The van der Waals surface area contributed by atoms with Gasteiger partial charge in [0.25, 0.3) is 11.4 Å². The summed E-state index contributed by atoms with van der Waals surface area (Å²) in [6.45, 7) is 1.61. The molecule has 0 aliphatic carbocycles. The monoisotopic (exact) mass is 469 g/mol. The second kappa shape index (κ2) is 9.30. The summed E-state index contributed by atoms with van der Waals surface area (Å²) in [7, 11) is 0. The minimum Gasteiger partial charge on any atom is -0.348 e. The molecule has 0 fully saturated rings. The molecule has 3 heterocycles. The van der Waals surface area contributed by atoms with Crippen molar-refractivity contribution < 1.29 is 13.7 Å². The summed E-state index contributed by atoms with van der Waals surface area (Å²) >= 11 is 0. The molecule has 1 unspecified atom stereocenters. The second-order valence-corrected chi connectivity index (χ2v) is 8.00. The molecule has 0 saturated heterocycles. The van der Waals surface area contributed by atoms with Gasteiger partial charge in [0.1, 0.15) is 12.4 Å². The Morgan fingerprint density at radius 3 is 2.60 bits per heavy atom. The molecular weight excluding hydrogens is 449 g/mol. The van der Waals surface area contributed by atoms with E-state index in [9.17, 15) is 14.0 Å². The highest BCUT2D eigenvalue weighted by molar-refractivity contribution is 5.93. The zero-order valence-electron chi connectivity index (χ0n) is 18.7. The smallest absolute Gasteiger partial charge is 0.259 e. The molecule has 0 bridgehead atoms. The fraction of sp³-hybridized carbons (Fsp3) is 0.115. The molecule has 0 aliphatic rings. The van der Waals surface area contributed by atoms with E-state index in [2.05, 4.69) is 20.4 Å². The van der Waals surface area contributed by atoms with Gasteiger partial charge in [-0.3, -0.25) is 19.1 Å². The topological polar surface area (TPSA) is 103 Å². The maximum Gasteiger partial charge on any atom is 0.259 e. The number of halogens is 1. The van der Waals surface area contributed by atoms with Gasteiger partial charge in [-0.2, -0.15) is 4.98 Å². The minimum absolute atomic E-state index is 0.183. The molecule has 0 saturated carbocycles. The number of aromatic nitrogens is 4. The third-order valence-electron chi connectivity index (χ3n) is 5.66. The van der Waals surface area contributed by atoms with E-state index >= 15 is 0 Å². The van der Waals surface area contributed by atoms with Gasteiger partial charge in [-0.05, 0) is 42.8 Å².